The van der Waals surface area contributed by atoms with E-state index in [-0.39, 0.29) is 0 Å². The zero-order valence-electron chi connectivity index (χ0n) is 13.0. The average Bonchev–Trinajstić information content (AvgIpc) is 2.78. The van der Waals surface area contributed by atoms with Crippen LogP contribution in [0.3, 0.4) is 0 Å². The molecule has 0 fully saturated rings. The Balaban J connectivity index is 2.42. The second-order valence-electron chi connectivity index (χ2n) is 5.37. The molecule has 0 aliphatic heterocycles. The number of nitrogens with zero attached hydrogens (tertiary/aromatic N) is 3. The summed E-state index contributed by atoms with van der Waals surface area (Å²) in [5, 5.41) is 4.40. The lowest BCUT2D eigenvalue weighted by Gasteiger charge is -2.22. The number of fused-ring (bicyclic) bond motifs is 1. The molecule has 0 bridgehead atoms. The summed E-state index contributed by atoms with van der Waals surface area (Å²) < 4.78 is 0. The Hall–Kier alpha value is -1.36. The van der Waals surface area contributed by atoms with E-state index in [1.807, 2.05) is 0 Å². The van der Waals surface area contributed by atoms with Crippen molar-refractivity contribution in [1.29, 1.82) is 0 Å². The molecule has 0 aliphatic rings. The van der Waals surface area contributed by atoms with E-state index < -0.39 is 0 Å². The Morgan fingerprint density at radius 2 is 2.10 bits per heavy atom. The molecule has 2 aromatic heterocycles. The van der Waals surface area contributed by atoms with Gasteiger partial charge in [0, 0.05) is 25.0 Å². The first-order valence-corrected chi connectivity index (χ1v) is 8.10. The first-order chi connectivity index (χ1) is 9.55. The van der Waals surface area contributed by atoms with Gasteiger partial charge in [-0.25, -0.2) is 4.98 Å². The van der Waals surface area contributed by atoms with E-state index in [9.17, 15) is 0 Å². The fraction of sp³-hybridized carbons (Fsp3) is 0.600. The van der Waals surface area contributed by atoms with Crippen LogP contribution in [0.1, 0.15) is 32.1 Å². The summed E-state index contributed by atoms with van der Waals surface area (Å²) in [6.07, 6.45) is 1.18. The molecule has 0 saturated carbocycles. The molecular formula is C15H24N4S. The minimum absolute atomic E-state index is 0.660. The van der Waals surface area contributed by atoms with E-state index in [1.54, 1.807) is 11.3 Å². The molecular weight excluding hydrogens is 268 g/mol. The van der Waals surface area contributed by atoms with Crippen LogP contribution in [0.15, 0.2) is 6.07 Å². The maximum Gasteiger partial charge on any atom is 0.226 e. The summed E-state index contributed by atoms with van der Waals surface area (Å²) in [4.78, 5) is 13.9. The maximum absolute atomic E-state index is 4.70. The highest BCUT2D eigenvalue weighted by Gasteiger charge is 2.15. The molecule has 2 heterocycles. The molecule has 0 amide bonds. The van der Waals surface area contributed by atoms with Crippen LogP contribution in [0.5, 0.6) is 0 Å². The maximum atomic E-state index is 4.70. The van der Waals surface area contributed by atoms with Crippen LogP contribution in [0.2, 0.25) is 0 Å². The second kappa shape index (κ2) is 6.39. The minimum Gasteiger partial charge on any atom is -0.359 e. The van der Waals surface area contributed by atoms with E-state index in [0.717, 1.165) is 29.7 Å². The van der Waals surface area contributed by atoms with Crippen molar-refractivity contribution in [3.05, 3.63) is 10.9 Å². The molecule has 1 N–H and O–H groups in total. The van der Waals surface area contributed by atoms with Gasteiger partial charge in [-0.1, -0.05) is 20.3 Å². The van der Waals surface area contributed by atoms with E-state index in [4.69, 9.17) is 4.98 Å². The normalized spacial score (nSPS) is 12.7. The molecule has 110 valence electrons. The molecule has 20 heavy (non-hydrogen) atoms. The van der Waals surface area contributed by atoms with E-state index in [1.165, 1.54) is 16.7 Å². The summed E-state index contributed by atoms with van der Waals surface area (Å²) in [5.41, 5.74) is 0. The monoisotopic (exact) mass is 292 g/mol. The van der Waals surface area contributed by atoms with Gasteiger partial charge in [0.2, 0.25) is 5.95 Å². The Bertz CT molecular complexity index is 579. The number of hydrogen-bond acceptors (Lipinski definition) is 5. The highest BCUT2D eigenvalue weighted by atomic mass is 32.1. The molecule has 1 atom stereocenters. The zero-order valence-corrected chi connectivity index (χ0v) is 13.8. The molecule has 0 saturated heterocycles. The molecule has 4 nitrogen and oxygen atoms in total. The number of nitrogens with one attached hydrogen (secondary N) is 1. The molecule has 0 aromatic carbocycles. The summed E-state index contributed by atoms with van der Waals surface area (Å²) in [7, 11) is 2.12. The molecule has 2 rings (SSSR count). The first-order valence-electron chi connectivity index (χ1n) is 7.28. The van der Waals surface area contributed by atoms with Crippen molar-refractivity contribution < 1.29 is 0 Å². The molecule has 2 aromatic rings. The quantitative estimate of drug-likeness (QED) is 0.876. The summed E-state index contributed by atoms with van der Waals surface area (Å²) in [6, 6.07) is 2.19. The fourth-order valence-electron chi connectivity index (χ4n) is 2.24. The lowest BCUT2D eigenvalue weighted by atomic mass is 10.1. The topological polar surface area (TPSA) is 41.1 Å². The van der Waals surface area contributed by atoms with Crippen LogP contribution in [-0.2, 0) is 0 Å². The van der Waals surface area contributed by atoms with Crippen molar-refractivity contribution in [2.75, 3.05) is 30.4 Å². The standard InChI is InChI=1S/C15H24N4S/c1-6-10(3)9-19(5)13-12-8-11(4)20-14(12)18-15(17-13)16-7-2/h8,10H,6-7,9H2,1-5H3,(H,16,17,18). The average molecular weight is 292 g/mol. The Labute approximate surface area is 125 Å². The van der Waals surface area contributed by atoms with Crippen LogP contribution >= 0.6 is 11.3 Å². The Morgan fingerprint density at radius 3 is 2.75 bits per heavy atom. The van der Waals surface area contributed by atoms with Crippen molar-refractivity contribution >= 4 is 33.3 Å². The van der Waals surface area contributed by atoms with Gasteiger partial charge in [0.25, 0.3) is 0 Å². The minimum atomic E-state index is 0.660. The fourth-order valence-corrected chi connectivity index (χ4v) is 3.11. The summed E-state index contributed by atoms with van der Waals surface area (Å²) >= 11 is 1.73. The predicted molar refractivity (Wildman–Crippen MR) is 89.0 cm³/mol. The van der Waals surface area contributed by atoms with E-state index in [0.29, 0.717) is 5.92 Å². The number of thiophene rings is 1. The van der Waals surface area contributed by atoms with Crippen LogP contribution in [-0.4, -0.2) is 30.1 Å². The van der Waals surface area contributed by atoms with Gasteiger partial charge in [-0.3, -0.25) is 0 Å². The lowest BCUT2D eigenvalue weighted by molar-refractivity contribution is 0.558. The predicted octanol–water partition coefficient (Wildman–Crippen LogP) is 3.91. The van der Waals surface area contributed by atoms with Gasteiger partial charge >= 0.3 is 0 Å². The first kappa shape index (κ1) is 15.0. The van der Waals surface area contributed by atoms with Gasteiger partial charge in [-0.2, -0.15) is 4.98 Å². The van der Waals surface area contributed by atoms with Gasteiger partial charge < -0.3 is 10.2 Å². The van der Waals surface area contributed by atoms with E-state index >= 15 is 0 Å². The van der Waals surface area contributed by atoms with Crippen LogP contribution in [0.4, 0.5) is 11.8 Å². The molecule has 0 radical (unpaired) electrons. The van der Waals surface area contributed by atoms with E-state index in [2.05, 4.69) is 56.0 Å². The summed E-state index contributed by atoms with van der Waals surface area (Å²) in [5.74, 6) is 2.43. The van der Waals surface area contributed by atoms with Crippen molar-refractivity contribution in [3.63, 3.8) is 0 Å². The van der Waals surface area contributed by atoms with Crippen molar-refractivity contribution in [1.82, 2.24) is 9.97 Å². The van der Waals surface area contributed by atoms with Crippen LogP contribution in [0.25, 0.3) is 10.2 Å². The van der Waals surface area contributed by atoms with Crippen molar-refractivity contribution in [2.24, 2.45) is 5.92 Å². The van der Waals surface area contributed by atoms with Gasteiger partial charge in [0.15, 0.2) is 0 Å². The highest BCUT2D eigenvalue weighted by Crippen LogP contribution is 2.31. The zero-order chi connectivity index (χ0) is 14.7. The third-order valence-corrected chi connectivity index (χ3v) is 4.42. The van der Waals surface area contributed by atoms with Crippen molar-refractivity contribution in [3.8, 4) is 0 Å². The number of rotatable bonds is 6. The van der Waals surface area contributed by atoms with Crippen LogP contribution in [0, 0.1) is 12.8 Å². The SMILES string of the molecule is CCNc1nc(N(C)CC(C)CC)c2cc(C)sc2n1. The third-order valence-electron chi connectivity index (χ3n) is 3.47. The highest BCUT2D eigenvalue weighted by molar-refractivity contribution is 7.18. The lowest BCUT2D eigenvalue weighted by Crippen LogP contribution is -2.25. The second-order valence-corrected chi connectivity index (χ2v) is 6.61. The molecule has 5 heteroatoms. The van der Waals surface area contributed by atoms with Gasteiger partial charge in [-0.15, -0.1) is 11.3 Å². The molecule has 0 spiro atoms. The number of anilines is 2. The smallest absolute Gasteiger partial charge is 0.226 e. The number of aryl methyl sites for hydroxylation is 1. The Kier molecular flexibility index (Phi) is 4.81. The van der Waals surface area contributed by atoms with Gasteiger partial charge in [0.05, 0.1) is 5.39 Å². The molecule has 0 aliphatic carbocycles. The Morgan fingerprint density at radius 1 is 1.35 bits per heavy atom. The van der Waals surface area contributed by atoms with Crippen molar-refractivity contribution in [2.45, 2.75) is 34.1 Å². The largest absolute Gasteiger partial charge is 0.359 e. The number of hydrogen-bond donors (Lipinski definition) is 1. The third kappa shape index (κ3) is 3.20. The van der Waals surface area contributed by atoms with Gasteiger partial charge in [-0.05, 0) is 25.8 Å². The number of aromatic nitrogens is 2. The molecule has 1 unspecified atom stereocenters. The van der Waals surface area contributed by atoms with Gasteiger partial charge in [0.1, 0.15) is 10.6 Å². The van der Waals surface area contributed by atoms with Crippen LogP contribution < -0.4 is 10.2 Å². The summed E-state index contributed by atoms with van der Waals surface area (Å²) in [6.45, 7) is 10.5.